The van der Waals surface area contributed by atoms with E-state index < -0.39 is 8.60 Å². The first kappa shape index (κ1) is 25.2. The van der Waals surface area contributed by atoms with Crippen molar-refractivity contribution in [1.82, 2.24) is 4.98 Å². The Kier molecular flexibility index (Phi) is 24.0. The van der Waals surface area contributed by atoms with Crippen molar-refractivity contribution in [3.63, 3.8) is 0 Å². The van der Waals surface area contributed by atoms with Gasteiger partial charge in [-0.15, -0.1) is 17.0 Å². The minimum atomic E-state index is -1.10. The molecule has 23 heavy (non-hydrogen) atoms. The summed E-state index contributed by atoms with van der Waals surface area (Å²) in [7, 11) is -1.10. The lowest BCUT2D eigenvalue weighted by Gasteiger charge is -2.16. The molecule has 0 aliphatic heterocycles. The molecule has 4 nitrogen and oxygen atoms in total. The fourth-order valence-electron chi connectivity index (χ4n) is 1.27. The molecule has 0 fully saturated rings. The van der Waals surface area contributed by atoms with Gasteiger partial charge in [0.05, 0.1) is 19.8 Å². The third kappa shape index (κ3) is 19.9. The largest absolute Gasteiger partial charge is 0.332 e. The van der Waals surface area contributed by atoms with E-state index in [1.165, 1.54) is 0 Å². The smallest absolute Gasteiger partial charge is 0.312 e. The van der Waals surface area contributed by atoms with Crippen LogP contribution in [0.4, 0.5) is 0 Å². The van der Waals surface area contributed by atoms with E-state index in [0.29, 0.717) is 0 Å². The summed E-state index contributed by atoms with van der Waals surface area (Å²) in [5.41, 5.74) is 0. The Balaban J connectivity index is 0. The Morgan fingerprint density at radius 1 is 0.696 bits per heavy atom. The van der Waals surface area contributed by atoms with Gasteiger partial charge in [0.2, 0.25) is 0 Å². The first-order valence-electron chi connectivity index (χ1n) is 8.38. The molecule has 0 N–H and O–H groups in total. The maximum absolute atomic E-state index is 5.60. The molecule has 1 aromatic heterocycles. The highest BCUT2D eigenvalue weighted by Crippen LogP contribution is 2.40. The molecular weight excluding hydrogens is 377 g/mol. The van der Waals surface area contributed by atoms with Crippen molar-refractivity contribution in [2.45, 2.75) is 59.3 Å². The van der Waals surface area contributed by atoms with Gasteiger partial charge in [0.15, 0.2) is 0 Å². The summed E-state index contributed by atoms with van der Waals surface area (Å²) in [6.07, 6.45) is 10.2. The minimum Gasteiger partial charge on any atom is -0.312 e. The fourth-order valence-corrected chi connectivity index (χ4v) is 2.33. The zero-order valence-corrected chi connectivity index (χ0v) is 17.4. The zero-order chi connectivity index (χ0) is 16.3. The van der Waals surface area contributed by atoms with E-state index in [0.717, 1.165) is 58.3 Å². The maximum atomic E-state index is 5.60. The van der Waals surface area contributed by atoms with Gasteiger partial charge in [0.25, 0.3) is 0 Å². The highest BCUT2D eigenvalue weighted by atomic mass is 79.9. The Morgan fingerprint density at radius 3 is 1.30 bits per heavy atom. The second kappa shape index (κ2) is 21.9. The lowest BCUT2D eigenvalue weighted by Crippen LogP contribution is -1.99. The van der Waals surface area contributed by atoms with Crippen LogP contribution in [0.25, 0.3) is 0 Å². The van der Waals surface area contributed by atoms with Crippen LogP contribution < -0.4 is 0 Å². The van der Waals surface area contributed by atoms with E-state index in [1.807, 2.05) is 18.2 Å². The van der Waals surface area contributed by atoms with Crippen molar-refractivity contribution in [3.8, 4) is 0 Å². The molecular formula is C17H33BrNO3P. The van der Waals surface area contributed by atoms with Crippen LogP contribution in [0.15, 0.2) is 30.6 Å². The topological polar surface area (TPSA) is 40.6 Å². The van der Waals surface area contributed by atoms with Crippen LogP contribution in [-0.2, 0) is 13.6 Å². The zero-order valence-electron chi connectivity index (χ0n) is 14.8. The third-order valence-electron chi connectivity index (χ3n) is 2.65. The van der Waals surface area contributed by atoms with Crippen LogP contribution in [0, 0.1) is 0 Å². The minimum absolute atomic E-state index is 0. The van der Waals surface area contributed by atoms with Crippen molar-refractivity contribution in [1.29, 1.82) is 0 Å². The molecule has 0 spiro atoms. The normalized spacial score (nSPS) is 9.91. The highest BCUT2D eigenvalue weighted by molar-refractivity contribution is 8.93. The van der Waals surface area contributed by atoms with Gasteiger partial charge in [-0.1, -0.05) is 46.1 Å². The Hall–Kier alpha value is -0.0600. The lowest BCUT2D eigenvalue weighted by molar-refractivity contribution is 0.155. The summed E-state index contributed by atoms with van der Waals surface area (Å²) in [5, 5.41) is 0. The standard InChI is InChI=1S/C12H27O3P.C5H5N.BrH/c1-4-7-10-13-16(14-11-8-5-2)15-12-9-6-3;1-2-4-6-5-3-1;/h4-12H2,1-3H3;1-5H;1H. The molecule has 0 bridgehead atoms. The summed E-state index contributed by atoms with van der Waals surface area (Å²) in [6.45, 7) is 8.71. The monoisotopic (exact) mass is 409 g/mol. The molecule has 0 aliphatic rings. The molecule has 0 saturated carbocycles. The number of hydrogen-bond donors (Lipinski definition) is 0. The van der Waals surface area contributed by atoms with E-state index in [9.17, 15) is 0 Å². The molecule has 0 radical (unpaired) electrons. The van der Waals surface area contributed by atoms with E-state index in [2.05, 4.69) is 25.8 Å². The summed E-state index contributed by atoms with van der Waals surface area (Å²) < 4.78 is 16.8. The molecule has 6 heteroatoms. The van der Waals surface area contributed by atoms with Crippen LogP contribution in [0.5, 0.6) is 0 Å². The second-order valence-electron chi connectivity index (χ2n) is 4.81. The first-order valence-corrected chi connectivity index (χ1v) is 9.48. The Bertz CT molecular complexity index is 257. The Labute approximate surface area is 154 Å². The molecule has 0 amide bonds. The van der Waals surface area contributed by atoms with Crippen molar-refractivity contribution in [3.05, 3.63) is 30.6 Å². The molecule has 0 aromatic carbocycles. The van der Waals surface area contributed by atoms with Crippen molar-refractivity contribution in [2.75, 3.05) is 19.8 Å². The van der Waals surface area contributed by atoms with Crippen molar-refractivity contribution >= 4 is 25.6 Å². The molecule has 1 heterocycles. The SMILES string of the molecule is Br.CCCCOP(OCCCC)OCCCC.c1ccncc1. The predicted molar refractivity (Wildman–Crippen MR) is 104 cm³/mol. The lowest BCUT2D eigenvalue weighted by atomic mass is 10.4. The number of unbranched alkanes of at least 4 members (excludes halogenated alkanes) is 3. The molecule has 0 saturated heterocycles. The second-order valence-corrected chi connectivity index (χ2v) is 6.03. The maximum Gasteiger partial charge on any atom is 0.332 e. The quantitative estimate of drug-likeness (QED) is 0.299. The van der Waals surface area contributed by atoms with Crippen LogP contribution in [0.1, 0.15) is 59.3 Å². The van der Waals surface area contributed by atoms with Gasteiger partial charge in [-0.3, -0.25) is 4.98 Å². The van der Waals surface area contributed by atoms with Crippen LogP contribution in [0.3, 0.4) is 0 Å². The average molecular weight is 410 g/mol. The van der Waals surface area contributed by atoms with E-state index in [-0.39, 0.29) is 17.0 Å². The van der Waals surface area contributed by atoms with Crippen molar-refractivity contribution < 1.29 is 13.6 Å². The molecule has 0 unspecified atom stereocenters. The number of rotatable bonds is 12. The predicted octanol–water partition coefficient (Wildman–Crippen LogP) is 6.32. The molecule has 1 rings (SSSR count). The van der Waals surface area contributed by atoms with Gasteiger partial charge >= 0.3 is 8.60 Å². The number of aromatic nitrogens is 1. The summed E-state index contributed by atoms with van der Waals surface area (Å²) in [6, 6.07) is 5.72. The first-order chi connectivity index (χ1) is 10.8. The summed E-state index contributed by atoms with van der Waals surface area (Å²) in [5.74, 6) is 0. The van der Waals surface area contributed by atoms with Gasteiger partial charge in [0.1, 0.15) is 0 Å². The fraction of sp³-hybridized carbons (Fsp3) is 0.706. The van der Waals surface area contributed by atoms with Crippen molar-refractivity contribution in [2.24, 2.45) is 0 Å². The van der Waals surface area contributed by atoms with Gasteiger partial charge < -0.3 is 13.6 Å². The van der Waals surface area contributed by atoms with E-state index in [1.54, 1.807) is 12.4 Å². The van der Waals surface area contributed by atoms with Gasteiger partial charge in [-0.05, 0) is 31.4 Å². The van der Waals surface area contributed by atoms with Gasteiger partial charge in [-0.2, -0.15) is 0 Å². The van der Waals surface area contributed by atoms with Gasteiger partial charge in [-0.25, -0.2) is 0 Å². The van der Waals surface area contributed by atoms with Crippen LogP contribution in [0.2, 0.25) is 0 Å². The number of nitrogens with zero attached hydrogens (tertiary/aromatic N) is 1. The summed E-state index contributed by atoms with van der Waals surface area (Å²) in [4.78, 5) is 3.78. The van der Waals surface area contributed by atoms with Crippen LogP contribution >= 0.6 is 25.6 Å². The van der Waals surface area contributed by atoms with E-state index in [4.69, 9.17) is 13.6 Å². The third-order valence-corrected chi connectivity index (χ3v) is 3.83. The van der Waals surface area contributed by atoms with E-state index >= 15 is 0 Å². The number of halogens is 1. The highest BCUT2D eigenvalue weighted by Gasteiger charge is 2.11. The van der Waals surface area contributed by atoms with Crippen LogP contribution in [-0.4, -0.2) is 24.8 Å². The molecule has 0 aliphatic carbocycles. The molecule has 136 valence electrons. The molecule has 0 atom stereocenters. The average Bonchev–Trinajstić information content (AvgIpc) is 2.57. The number of hydrogen-bond acceptors (Lipinski definition) is 4. The van der Waals surface area contributed by atoms with Gasteiger partial charge in [0, 0.05) is 12.4 Å². The summed E-state index contributed by atoms with van der Waals surface area (Å²) >= 11 is 0. The Morgan fingerprint density at radius 2 is 1.09 bits per heavy atom. The molecule has 1 aromatic rings. The number of pyridine rings is 1.